The predicted octanol–water partition coefficient (Wildman–Crippen LogP) is 3.26. The normalized spacial score (nSPS) is 15.8. The van der Waals surface area contributed by atoms with Gasteiger partial charge in [0.05, 0.1) is 5.69 Å². The van der Waals surface area contributed by atoms with Crippen LogP contribution >= 0.6 is 0 Å². The third-order valence-corrected chi connectivity index (χ3v) is 4.38. The third-order valence-electron chi connectivity index (χ3n) is 4.38. The van der Waals surface area contributed by atoms with E-state index in [9.17, 15) is 14.4 Å². The van der Waals surface area contributed by atoms with Crippen LogP contribution in [0.5, 0.6) is 5.75 Å². The first-order valence-electron chi connectivity index (χ1n) is 8.76. The van der Waals surface area contributed by atoms with E-state index in [1.54, 1.807) is 25.1 Å². The second-order valence-corrected chi connectivity index (χ2v) is 6.85. The molecular formula is C21H22N2O4. The molecule has 2 aromatic rings. The maximum atomic E-state index is 12.6. The molecule has 2 aromatic carbocycles. The second-order valence-electron chi connectivity index (χ2n) is 6.85. The largest absolute Gasteiger partial charge is 0.479 e. The van der Waals surface area contributed by atoms with Crippen LogP contribution < -0.4 is 15.0 Å². The molecule has 1 unspecified atom stereocenters. The zero-order valence-corrected chi connectivity index (χ0v) is 15.8. The van der Waals surface area contributed by atoms with Gasteiger partial charge in [-0.1, -0.05) is 6.07 Å². The molecule has 0 bridgehead atoms. The van der Waals surface area contributed by atoms with Gasteiger partial charge in [-0.05, 0) is 69.2 Å². The van der Waals surface area contributed by atoms with Crippen molar-refractivity contribution < 1.29 is 19.1 Å². The van der Waals surface area contributed by atoms with E-state index >= 15 is 0 Å². The summed E-state index contributed by atoms with van der Waals surface area (Å²) >= 11 is 0. The Balaban J connectivity index is 1.86. The summed E-state index contributed by atoms with van der Waals surface area (Å²) < 4.78 is 5.61. The summed E-state index contributed by atoms with van der Waals surface area (Å²) in [7, 11) is 0. The number of carbonyl (C=O) groups is 3. The molecule has 0 saturated heterocycles. The number of ether oxygens (including phenoxy) is 1. The molecule has 27 heavy (non-hydrogen) atoms. The lowest BCUT2D eigenvalue weighted by molar-refractivity contribution is -0.127. The number of hydrogen-bond acceptors (Lipinski definition) is 4. The molecule has 1 atom stereocenters. The average Bonchev–Trinajstić information content (AvgIpc) is 2.57. The van der Waals surface area contributed by atoms with Crippen molar-refractivity contribution >= 4 is 29.0 Å². The Kier molecular flexibility index (Phi) is 4.99. The van der Waals surface area contributed by atoms with Gasteiger partial charge >= 0.3 is 0 Å². The molecule has 0 spiro atoms. The van der Waals surface area contributed by atoms with Crippen LogP contribution in [-0.4, -0.2) is 30.2 Å². The minimum Gasteiger partial charge on any atom is -0.479 e. The first-order chi connectivity index (χ1) is 12.7. The Morgan fingerprint density at radius 3 is 2.41 bits per heavy atom. The molecule has 3 rings (SSSR count). The highest BCUT2D eigenvalue weighted by atomic mass is 16.5. The van der Waals surface area contributed by atoms with E-state index in [1.165, 1.54) is 11.8 Å². The number of nitrogens with zero attached hydrogens (tertiary/aromatic N) is 1. The summed E-state index contributed by atoms with van der Waals surface area (Å²) in [6.07, 6.45) is -0.699. The van der Waals surface area contributed by atoms with Crippen LogP contribution in [0.2, 0.25) is 0 Å². The Morgan fingerprint density at radius 1 is 1.11 bits per heavy atom. The van der Waals surface area contributed by atoms with E-state index in [0.29, 0.717) is 22.7 Å². The zero-order valence-electron chi connectivity index (χ0n) is 15.8. The average molecular weight is 366 g/mol. The SMILES string of the molecule is CC(=O)c1ccc2c(c1)N(CC(=O)Nc1cc(C)cc(C)c1)C(=O)C(C)O2. The van der Waals surface area contributed by atoms with Gasteiger partial charge < -0.3 is 10.1 Å². The van der Waals surface area contributed by atoms with E-state index in [-0.39, 0.29) is 24.1 Å². The Hall–Kier alpha value is -3.15. The van der Waals surface area contributed by atoms with Gasteiger partial charge in [-0.2, -0.15) is 0 Å². The number of ketones is 1. The predicted molar refractivity (Wildman–Crippen MR) is 103 cm³/mol. The molecule has 140 valence electrons. The summed E-state index contributed by atoms with van der Waals surface area (Å²) in [4.78, 5) is 38.2. The standard InChI is InChI=1S/C21H22N2O4/c1-12-7-13(2)9-17(8-12)22-20(25)11-23-18-10-16(14(3)24)5-6-19(18)27-15(4)21(23)26/h5-10,15H,11H2,1-4H3,(H,22,25). The number of benzene rings is 2. The van der Waals surface area contributed by atoms with Crippen molar-refractivity contribution in [3.8, 4) is 5.75 Å². The Morgan fingerprint density at radius 2 is 1.78 bits per heavy atom. The van der Waals surface area contributed by atoms with E-state index < -0.39 is 6.10 Å². The van der Waals surface area contributed by atoms with Crippen LogP contribution in [0.15, 0.2) is 36.4 Å². The van der Waals surface area contributed by atoms with Gasteiger partial charge in [-0.25, -0.2) is 0 Å². The Bertz CT molecular complexity index is 916. The number of carbonyl (C=O) groups excluding carboxylic acids is 3. The number of aryl methyl sites for hydroxylation is 2. The van der Waals surface area contributed by atoms with Gasteiger partial charge in [0.25, 0.3) is 5.91 Å². The van der Waals surface area contributed by atoms with Crippen LogP contribution in [0.1, 0.15) is 35.3 Å². The minimum atomic E-state index is -0.699. The number of amides is 2. The molecule has 1 aliphatic rings. The van der Waals surface area contributed by atoms with Crippen LogP contribution in [0, 0.1) is 13.8 Å². The first-order valence-corrected chi connectivity index (χ1v) is 8.76. The summed E-state index contributed by atoms with van der Waals surface area (Å²) in [5.41, 5.74) is 3.65. The van der Waals surface area contributed by atoms with Gasteiger partial charge in [0.15, 0.2) is 11.9 Å². The lowest BCUT2D eigenvalue weighted by Crippen LogP contribution is -2.47. The fourth-order valence-corrected chi connectivity index (χ4v) is 3.18. The lowest BCUT2D eigenvalue weighted by Gasteiger charge is -2.32. The zero-order chi connectivity index (χ0) is 19.7. The van der Waals surface area contributed by atoms with Crippen LogP contribution in [-0.2, 0) is 9.59 Å². The van der Waals surface area contributed by atoms with E-state index in [1.807, 2.05) is 32.0 Å². The van der Waals surface area contributed by atoms with Gasteiger partial charge in [-0.3, -0.25) is 19.3 Å². The number of Topliss-reactive ketones (excluding diaryl/α,β-unsaturated/α-hetero) is 1. The molecule has 2 amide bonds. The number of nitrogens with one attached hydrogen (secondary N) is 1. The smallest absolute Gasteiger partial charge is 0.268 e. The van der Waals surface area contributed by atoms with E-state index in [0.717, 1.165) is 11.1 Å². The van der Waals surface area contributed by atoms with Crippen molar-refractivity contribution in [1.29, 1.82) is 0 Å². The summed E-state index contributed by atoms with van der Waals surface area (Å²) in [6, 6.07) is 10.7. The first kappa shape index (κ1) is 18.6. The molecule has 6 nitrogen and oxygen atoms in total. The van der Waals surface area contributed by atoms with Crippen LogP contribution in [0.4, 0.5) is 11.4 Å². The molecule has 1 aliphatic heterocycles. The molecule has 1 N–H and O–H groups in total. The molecule has 0 aliphatic carbocycles. The van der Waals surface area contributed by atoms with Crippen molar-refractivity contribution in [3.05, 3.63) is 53.1 Å². The number of anilines is 2. The minimum absolute atomic E-state index is 0.122. The molecular weight excluding hydrogens is 344 g/mol. The number of fused-ring (bicyclic) bond motifs is 1. The van der Waals surface area contributed by atoms with Crippen molar-refractivity contribution in [3.63, 3.8) is 0 Å². The van der Waals surface area contributed by atoms with E-state index in [2.05, 4.69) is 5.32 Å². The van der Waals surface area contributed by atoms with Crippen molar-refractivity contribution in [2.24, 2.45) is 0 Å². The molecule has 0 saturated carbocycles. The van der Waals surface area contributed by atoms with Gasteiger partial charge in [0.2, 0.25) is 5.91 Å². The maximum absolute atomic E-state index is 12.6. The molecule has 1 heterocycles. The summed E-state index contributed by atoms with van der Waals surface area (Å²) in [5.74, 6) is -0.282. The van der Waals surface area contributed by atoms with E-state index in [4.69, 9.17) is 4.74 Å². The van der Waals surface area contributed by atoms with Gasteiger partial charge in [0.1, 0.15) is 12.3 Å². The third kappa shape index (κ3) is 4.00. The molecule has 0 aromatic heterocycles. The van der Waals surface area contributed by atoms with Crippen LogP contribution in [0.25, 0.3) is 0 Å². The summed E-state index contributed by atoms with van der Waals surface area (Å²) in [6.45, 7) is 6.84. The monoisotopic (exact) mass is 366 g/mol. The second kappa shape index (κ2) is 7.23. The van der Waals surface area contributed by atoms with Crippen molar-refractivity contribution in [2.75, 3.05) is 16.8 Å². The summed E-state index contributed by atoms with van der Waals surface area (Å²) in [5, 5.41) is 2.83. The lowest BCUT2D eigenvalue weighted by atomic mass is 10.1. The highest BCUT2D eigenvalue weighted by molar-refractivity contribution is 6.07. The van der Waals surface area contributed by atoms with Crippen molar-refractivity contribution in [2.45, 2.75) is 33.8 Å². The fraction of sp³-hybridized carbons (Fsp3) is 0.286. The Labute approximate surface area is 158 Å². The number of hydrogen-bond donors (Lipinski definition) is 1. The number of rotatable bonds is 4. The molecule has 0 radical (unpaired) electrons. The molecule has 0 fully saturated rings. The van der Waals surface area contributed by atoms with Gasteiger partial charge in [0, 0.05) is 11.3 Å². The highest BCUT2D eigenvalue weighted by Gasteiger charge is 2.33. The van der Waals surface area contributed by atoms with Crippen LogP contribution in [0.3, 0.4) is 0 Å². The highest BCUT2D eigenvalue weighted by Crippen LogP contribution is 2.35. The van der Waals surface area contributed by atoms with Gasteiger partial charge in [-0.15, -0.1) is 0 Å². The van der Waals surface area contributed by atoms with Crippen molar-refractivity contribution in [1.82, 2.24) is 0 Å². The fourth-order valence-electron chi connectivity index (χ4n) is 3.18. The quantitative estimate of drug-likeness (QED) is 0.843. The topological polar surface area (TPSA) is 75.7 Å². The molecule has 6 heteroatoms. The maximum Gasteiger partial charge on any atom is 0.268 e.